The van der Waals surface area contributed by atoms with Crippen LogP contribution in [0.25, 0.3) is 11.4 Å². The number of nitrogens with zero attached hydrogens (tertiary/aromatic N) is 4. The fraction of sp³-hybridized carbons (Fsp3) is 0.500. The quantitative estimate of drug-likeness (QED) is 0.839. The first kappa shape index (κ1) is 17.9. The molecule has 4 rings (SSSR count). The van der Waals surface area contributed by atoms with Crippen molar-refractivity contribution in [2.24, 2.45) is 5.92 Å². The highest BCUT2D eigenvalue weighted by molar-refractivity contribution is 5.88. The monoisotopic (exact) mass is 367 g/mol. The van der Waals surface area contributed by atoms with Crippen molar-refractivity contribution in [3.63, 3.8) is 0 Å². The molecule has 2 atom stereocenters. The lowest BCUT2D eigenvalue weighted by molar-refractivity contribution is 0.0648. The highest BCUT2D eigenvalue weighted by Crippen LogP contribution is 2.31. The summed E-state index contributed by atoms with van der Waals surface area (Å²) in [5.74, 6) is 0.225. The third-order valence-corrected chi connectivity index (χ3v) is 5.68. The maximum Gasteiger partial charge on any atom is 0.335 e. The number of aromatic carboxylic acids is 1. The molecule has 7 heteroatoms. The van der Waals surface area contributed by atoms with Crippen molar-refractivity contribution >= 4 is 11.9 Å². The van der Waals surface area contributed by atoms with Gasteiger partial charge in [0.05, 0.1) is 17.0 Å². The zero-order valence-corrected chi connectivity index (χ0v) is 15.3. The zero-order valence-electron chi connectivity index (χ0n) is 15.3. The molecule has 27 heavy (non-hydrogen) atoms. The molecule has 0 aromatic carbocycles. The molecule has 0 bridgehead atoms. The molecule has 2 aliphatic rings. The number of carboxylic acids is 1. The van der Waals surface area contributed by atoms with Crippen molar-refractivity contribution in [1.82, 2.24) is 19.9 Å². The fourth-order valence-electron chi connectivity index (χ4n) is 4.33. The minimum absolute atomic E-state index is 0.202. The van der Waals surface area contributed by atoms with Crippen molar-refractivity contribution < 1.29 is 9.90 Å². The molecule has 0 unspecified atom stereocenters. The first-order valence-corrected chi connectivity index (χ1v) is 9.71. The third kappa shape index (κ3) is 4.08. The van der Waals surface area contributed by atoms with Gasteiger partial charge in [0.2, 0.25) is 5.95 Å². The van der Waals surface area contributed by atoms with Gasteiger partial charge in [-0.3, -0.25) is 4.98 Å². The number of fused-ring (bicyclic) bond motifs is 1. The van der Waals surface area contributed by atoms with Crippen LogP contribution in [0.4, 0.5) is 5.95 Å². The molecule has 7 nitrogen and oxygen atoms in total. The highest BCUT2D eigenvalue weighted by Gasteiger charge is 2.32. The summed E-state index contributed by atoms with van der Waals surface area (Å²) < 4.78 is 0. The Kier molecular flexibility index (Phi) is 5.29. The standard InChI is InChI=1S/C20H25N5O2/c26-19(27)14-6-8-21-17(12-14)16-7-9-22-20(24-16)23-13-15-4-3-11-25-10-2-1-5-18(15)25/h6-9,12,15,18H,1-5,10-11,13H2,(H,26,27)(H,22,23,24)/t15-,18+/m0/s1. The van der Waals surface area contributed by atoms with Crippen LogP contribution in [0.1, 0.15) is 42.5 Å². The predicted molar refractivity (Wildman–Crippen MR) is 103 cm³/mol. The Labute approximate surface area is 158 Å². The number of aromatic nitrogens is 3. The van der Waals surface area contributed by atoms with E-state index in [0.717, 1.165) is 6.54 Å². The van der Waals surface area contributed by atoms with Crippen LogP contribution in [0.15, 0.2) is 30.6 Å². The Hall–Kier alpha value is -2.54. The van der Waals surface area contributed by atoms with Crippen LogP contribution in [-0.4, -0.2) is 56.6 Å². The van der Waals surface area contributed by atoms with Crippen molar-refractivity contribution in [2.45, 2.75) is 38.1 Å². The van der Waals surface area contributed by atoms with Gasteiger partial charge in [0, 0.05) is 25.0 Å². The predicted octanol–water partition coefficient (Wildman–Crippen LogP) is 2.91. The van der Waals surface area contributed by atoms with Crippen LogP contribution in [0.5, 0.6) is 0 Å². The number of hydrogen-bond donors (Lipinski definition) is 2. The number of carboxylic acid groups (broad SMARTS) is 1. The van der Waals surface area contributed by atoms with E-state index < -0.39 is 5.97 Å². The van der Waals surface area contributed by atoms with Crippen molar-refractivity contribution in [1.29, 1.82) is 0 Å². The van der Waals surface area contributed by atoms with E-state index in [-0.39, 0.29) is 5.56 Å². The molecule has 2 fully saturated rings. The zero-order chi connectivity index (χ0) is 18.6. The Morgan fingerprint density at radius 3 is 2.85 bits per heavy atom. The Morgan fingerprint density at radius 1 is 1.11 bits per heavy atom. The maximum absolute atomic E-state index is 11.2. The molecular formula is C20H25N5O2. The van der Waals surface area contributed by atoms with Gasteiger partial charge in [0.1, 0.15) is 0 Å². The number of hydrogen-bond acceptors (Lipinski definition) is 6. The van der Waals surface area contributed by atoms with Crippen LogP contribution in [0.2, 0.25) is 0 Å². The minimum atomic E-state index is -0.972. The third-order valence-electron chi connectivity index (χ3n) is 5.68. The SMILES string of the molecule is O=C(O)c1ccnc(-c2ccnc(NC[C@@H]3CCCN4CCCC[C@H]34)n2)c1. The van der Waals surface area contributed by atoms with Crippen LogP contribution < -0.4 is 5.32 Å². The first-order chi connectivity index (χ1) is 13.2. The molecule has 0 amide bonds. The van der Waals surface area contributed by atoms with Gasteiger partial charge in [-0.2, -0.15) is 0 Å². The molecule has 2 aliphatic heterocycles. The number of piperidine rings is 2. The van der Waals surface area contributed by atoms with Gasteiger partial charge in [-0.05, 0) is 62.9 Å². The summed E-state index contributed by atoms with van der Waals surface area (Å²) in [6, 6.07) is 5.45. The van der Waals surface area contributed by atoms with E-state index in [1.54, 1.807) is 12.3 Å². The van der Waals surface area contributed by atoms with Crippen molar-refractivity contribution in [3.8, 4) is 11.4 Å². The molecule has 2 N–H and O–H groups in total. The smallest absolute Gasteiger partial charge is 0.335 e. The van der Waals surface area contributed by atoms with Crippen LogP contribution in [0.3, 0.4) is 0 Å². The number of anilines is 1. The molecule has 4 heterocycles. The summed E-state index contributed by atoms with van der Waals surface area (Å²) in [5.41, 5.74) is 1.36. The second-order valence-electron chi connectivity index (χ2n) is 7.38. The van der Waals surface area contributed by atoms with E-state index >= 15 is 0 Å². The fourth-order valence-corrected chi connectivity index (χ4v) is 4.33. The number of nitrogens with one attached hydrogen (secondary N) is 1. The lowest BCUT2D eigenvalue weighted by Gasteiger charge is -2.44. The van der Waals surface area contributed by atoms with Gasteiger partial charge in [-0.1, -0.05) is 6.42 Å². The maximum atomic E-state index is 11.2. The summed E-state index contributed by atoms with van der Waals surface area (Å²) in [6.45, 7) is 3.34. The molecule has 2 aromatic heterocycles. The van der Waals surface area contributed by atoms with Gasteiger partial charge < -0.3 is 15.3 Å². The van der Waals surface area contributed by atoms with Gasteiger partial charge in [-0.25, -0.2) is 14.8 Å². The summed E-state index contributed by atoms with van der Waals surface area (Å²) >= 11 is 0. The Balaban J connectivity index is 1.45. The molecule has 0 spiro atoms. The molecule has 2 aromatic rings. The first-order valence-electron chi connectivity index (χ1n) is 9.71. The van der Waals surface area contributed by atoms with E-state index in [2.05, 4.69) is 25.2 Å². The van der Waals surface area contributed by atoms with Gasteiger partial charge in [-0.15, -0.1) is 0 Å². The lowest BCUT2D eigenvalue weighted by atomic mass is 9.83. The summed E-state index contributed by atoms with van der Waals surface area (Å²) in [4.78, 5) is 26.9. The van der Waals surface area contributed by atoms with Crippen LogP contribution in [0, 0.1) is 5.92 Å². The normalized spacial score (nSPS) is 22.8. The van der Waals surface area contributed by atoms with Crippen molar-refractivity contribution in [3.05, 3.63) is 36.2 Å². The topological polar surface area (TPSA) is 91.2 Å². The van der Waals surface area contributed by atoms with E-state index in [1.807, 2.05) is 0 Å². The summed E-state index contributed by atoms with van der Waals surface area (Å²) in [7, 11) is 0. The van der Waals surface area contributed by atoms with Gasteiger partial charge in [0.25, 0.3) is 0 Å². The summed E-state index contributed by atoms with van der Waals surface area (Å²) in [5, 5.41) is 12.6. The van der Waals surface area contributed by atoms with Crippen molar-refractivity contribution in [2.75, 3.05) is 25.0 Å². The van der Waals surface area contributed by atoms with E-state index in [4.69, 9.17) is 5.11 Å². The van der Waals surface area contributed by atoms with Crippen LogP contribution in [-0.2, 0) is 0 Å². The number of pyridine rings is 1. The second kappa shape index (κ2) is 8.00. The number of rotatable bonds is 5. The number of carbonyl (C=O) groups is 1. The second-order valence-corrected chi connectivity index (χ2v) is 7.38. The molecule has 0 radical (unpaired) electrons. The molecular weight excluding hydrogens is 342 g/mol. The van der Waals surface area contributed by atoms with Gasteiger partial charge in [0.15, 0.2) is 0 Å². The van der Waals surface area contributed by atoms with E-state index in [9.17, 15) is 4.79 Å². The Bertz CT molecular complexity index is 810. The minimum Gasteiger partial charge on any atom is -0.478 e. The average molecular weight is 367 g/mol. The highest BCUT2D eigenvalue weighted by atomic mass is 16.4. The van der Waals surface area contributed by atoms with Gasteiger partial charge >= 0.3 is 5.97 Å². The molecule has 2 saturated heterocycles. The lowest BCUT2D eigenvalue weighted by Crippen LogP contribution is -2.49. The molecule has 142 valence electrons. The Morgan fingerprint density at radius 2 is 1.96 bits per heavy atom. The molecule has 0 aliphatic carbocycles. The van der Waals surface area contributed by atoms with E-state index in [1.165, 1.54) is 63.5 Å². The molecule has 0 saturated carbocycles. The largest absolute Gasteiger partial charge is 0.478 e. The average Bonchev–Trinajstić information content (AvgIpc) is 2.72. The van der Waals surface area contributed by atoms with Crippen LogP contribution >= 0.6 is 0 Å². The van der Waals surface area contributed by atoms with E-state index in [0.29, 0.717) is 29.3 Å². The summed E-state index contributed by atoms with van der Waals surface area (Å²) in [6.07, 6.45) is 9.63.